The van der Waals surface area contributed by atoms with E-state index in [1.54, 1.807) is 0 Å². The molecule has 1 atom stereocenters. The summed E-state index contributed by atoms with van der Waals surface area (Å²) in [7, 11) is 0. The third-order valence-corrected chi connectivity index (χ3v) is 5.53. The van der Waals surface area contributed by atoms with E-state index in [0.717, 1.165) is 28.3 Å². The van der Waals surface area contributed by atoms with E-state index in [9.17, 15) is 9.59 Å². The van der Waals surface area contributed by atoms with Crippen LogP contribution in [0.2, 0.25) is 0 Å². The van der Waals surface area contributed by atoms with Gasteiger partial charge >= 0.3 is 0 Å². The fraction of sp³-hybridized carbons (Fsp3) is 0.391. The van der Waals surface area contributed by atoms with E-state index in [4.69, 9.17) is 9.47 Å². The molecule has 0 saturated carbocycles. The van der Waals surface area contributed by atoms with Crippen LogP contribution < -0.4 is 14.8 Å². The molecule has 29 heavy (non-hydrogen) atoms. The Kier molecular flexibility index (Phi) is 5.69. The van der Waals surface area contributed by atoms with Gasteiger partial charge in [-0.3, -0.25) is 9.59 Å². The minimum absolute atomic E-state index is 0.00591. The van der Waals surface area contributed by atoms with Crippen LogP contribution in [0.4, 0.5) is 5.69 Å². The summed E-state index contributed by atoms with van der Waals surface area (Å²) in [5.41, 5.74) is 3.02. The molecule has 2 aromatic rings. The summed E-state index contributed by atoms with van der Waals surface area (Å²) in [6, 6.07) is 13.6. The highest BCUT2D eigenvalue weighted by Crippen LogP contribution is 2.31. The molecule has 2 aliphatic heterocycles. The third-order valence-electron chi connectivity index (χ3n) is 5.53. The van der Waals surface area contributed by atoms with Gasteiger partial charge in [-0.15, -0.1) is 0 Å². The van der Waals surface area contributed by atoms with Crippen LogP contribution in [-0.4, -0.2) is 36.5 Å². The highest BCUT2D eigenvalue weighted by atomic mass is 16.6. The summed E-state index contributed by atoms with van der Waals surface area (Å²) >= 11 is 0. The monoisotopic (exact) mass is 394 g/mol. The van der Waals surface area contributed by atoms with Crippen molar-refractivity contribution in [2.75, 3.05) is 25.1 Å². The molecule has 152 valence electrons. The van der Waals surface area contributed by atoms with Crippen LogP contribution in [0.25, 0.3) is 0 Å². The van der Waals surface area contributed by atoms with Gasteiger partial charge in [0.2, 0.25) is 11.8 Å². The fourth-order valence-corrected chi connectivity index (χ4v) is 3.89. The van der Waals surface area contributed by atoms with Gasteiger partial charge in [-0.1, -0.05) is 24.3 Å². The topological polar surface area (TPSA) is 67.9 Å². The summed E-state index contributed by atoms with van der Waals surface area (Å²) in [5.74, 6) is 1.38. The highest BCUT2D eigenvalue weighted by molar-refractivity contribution is 5.96. The van der Waals surface area contributed by atoms with Crippen LogP contribution in [0.5, 0.6) is 11.5 Å². The van der Waals surface area contributed by atoms with E-state index in [0.29, 0.717) is 45.6 Å². The first-order chi connectivity index (χ1) is 14.1. The Hall–Kier alpha value is -3.02. The maximum atomic E-state index is 12.8. The summed E-state index contributed by atoms with van der Waals surface area (Å²) in [6.45, 7) is 4.21. The number of carbonyl (C=O) groups excluding carboxylic acids is 2. The van der Waals surface area contributed by atoms with Crippen molar-refractivity contribution in [3.63, 3.8) is 0 Å². The van der Waals surface area contributed by atoms with Crippen LogP contribution in [-0.2, 0) is 22.6 Å². The normalized spacial score (nSPS) is 17.3. The minimum atomic E-state index is -0.165. The Morgan fingerprint density at radius 2 is 1.93 bits per heavy atom. The molecule has 0 aromatic heterocycles. The third kappa shape index (κ3) is 4.36. The molecule has 2 aliphatic rings. The summed E-state index contributed by atoms with van der Waals surface area (Å²) in [5, 5.41) is 2.96. The van der Waals surface area contributed by atoms with Gasteiger partial charge in [-0.05, 0) is 49.1 Å². The van der Waals surface area contributed by atoms with Gasteiger partial charge in [0, 0.05) is 31.1 Å². The van der Waals surface area contributed by atoms with E-state index in [1.165, 1.54) is 0 Å². The summed E-state index contributed by atoms with van der Waals surface area (Å²) < 4.78 is 11.2. The fourth-order valence-electron chi connectivity index (χ4n) is 3.89. The first kappa shape index (κ1) is 19.3. The lowest BCUT2D eigenvalue weighted by atomic mass is 9.89. The van der Waals surface area contributed by atoms with Gasteiger partial charge in [0.1, 0.15) is 13.2 Å². The van der Waals surface area contributed by atoms with Crippen molar-refractivity contribution in [1.82, 2.24) is 4.90 Å². The van der Waals surface area contributed by atoms with Gasteiger partial charge in [-0.25, -0.2) is 0 Å². The maximum absolute atomic E-state index is 12.8. The Balaban J connectivity index is 1.35. The number of hydrogen-bond donors (Lipinski definition) is 1. The van der Waals surface area contributed by atoms with Crippen molar-refractivity contribution >= 4 is 17.5 Å². The number of nitrogens with one attached hydrogen (secondary N) is 1. The first-order valence-electron chi connectivity index (χ1n) is 10.2. The zero-order chi connectivity index (χ0) is 20.2. The SMILES string of the molecule is CCN(Cc1ccc2c(c1)OCCO2)C(=O)CC[C@@H]1Cc2ccccc2NC1=O. The van der Waals surface area contributed by atoms with E-state index in [1.807, 2.05) is 54.3 Å². The second-order valence-electron chi connectivity index (χ2n) is 7.47. The molecule has 0 spiro atoms. The van der Waals surface area contributed by atoms with Crippen molar-refractivity contribution in [3.8, 4) is 11.5 Å². The molecule has 2 amide bonds. The van der Waals surface area contributed by atoms with Crippen molar-refractivity contribution in [1.29, 1.82) is 0 Å². The number of benzene rings is 2. The smallest absolute Gasteiger partial charge is 0.227 e. The predicted molar refractivity (Wildman–Crippen MR) is 110 cm³/mol. The number of para-hydroxylation sites is 1. The van der Waals surface area contributed by atoms with Gasteiger partial charge in [-0.2, -0.15) is 0 Å². The molecule has 0 bridgehead atoms. The molecule has 0 unspecified atom stereocenters. The molecule has 1 N–H and O–H groups in total. The highest BCUT2D eigenvalue weighted by Gasteiger charge is 2.27. The van der Waals surface area contributed by atoms with Crippen LogP contribution in [0.3, 0.4) is 0 Å². The average Bonchev–Trinajstić information content (AvgIpc) is 2.75. The summed E-state index contributed by atoms with van der Waals surface area (Å²) in [4.78, 5) is 27.0. The maximum Gasteiger partial charge on any atom is 0.227 e. The van der Waals surface area contributed by atoms with Crippen LogP contribution in [0, 0.1) is 5.92 Å². The second-order valence-corrected chi connectivity index (χ2v) is 7.47. The molecule has 0 aliphatic carbocycles. The average molecular weight is 394 g/mol. The van der Waals surface area contributed by atoms with Gasteiger partial charge < -0.3 is 19.7 Å². The minimum Gasteiger partial charge on any atom is -0.486 e. The zero-order valence-corrected chi connectivity index (χ0v) is 16.6. The van der Waals surface area contributed by atoms with Crippen molar-refractivity contribution in [2.24, 2.45) is 5.92 Å². The number of hydrogen-bond acceptors (Lipinski definition) is 4. The first-order valence-corrected chi connectivity index (χ1v) is 10.2. The molecular weight excluding hydrogens is 368 g/mol. The van der Waals surface area contributed by atoms with Crippen LogP contribution in [0.1, 0.15) is 30.9 Å². The van der Waals surface area contributed by atoms with Crippen molar-refractivity contribution in [3.05, 3.63) is 53.6 Å². The van der Waals surface area contributed by atoms with Gasteiger partial charge in [0.05, 0.1) is 0 Å². The molecular formula is C23H26N2O4. The van der Waals surface area contributed by atoms with Crippen LogP contribution in [0.15, 0.2) is 42.5 Å². The Morgan fingerprint density at radius 1 is 1.14 bits per heavy atom. The number of fused-ring (bicyclic) bond motifs is 2. The Bertz CT molecular complexity index is 912. The van der Waals surface area contributed by atoms with Crippen molar-refractivity contribution < 1.29 is 19.1 Å². The Morgan fingerprint density at radius 3 is 2.76 bits per heavy atom. The molecule has 4 rings (SSSR count). The summed E-state index contributed by atoms with van der Waals surface area (Å²) in [6.07, 6.45) is 1.60. The lowest BCUT2D eigenvalue weighted by Gasteiger charge is -2.26. The molecule has 6 heteroatoms. The molecule has 0 saturated heterocycles. The van der Waals surface area contributed by atoms with Gasteiger partial charge in [0.15, 0.2) is 11.5 Å². The lowest BCUT2D eigenvalue weighted by Crippen LogP contribution is -2.33. The number of amides is 2. The molecule has 6 nitrogen and oxygen atoms in total. The molecule has 2 heterocycles. The van der Waals surface area contributed by atoms with E-state index in [2.05, 4.69) is 5.32 Å². The second kappa shape index (κ2) is 8.55. The molecule has 0 radical (unpaired) electrons. The number of anilines is 1. The Labute approximate surface area is 170 Å². The predicted octanol–water partition coefficient (Wildman–Crippen LogP) is 3.40. The van der Waals surface area contributed by atoms with E-state index < -0.39 is 0 Å². The quantitative estimate of drug-likeness (QED) is 0.815. The van der Waals surface area contributed by atoms with Crippen LogP contribution >= 0.6 is 0 Å². The lowest BCUT2D eigenvalue weighted by molar-refractivity contribution is -0.132. The van der Waals surface area contributed by atoms with E-state index >= 15 is 0 Å². The largest absolute Gasteiger partial charge is 0.486 e. The van der Waals surface area contributed by atoms with Gasteiger partial charge in [0.25, 0.3) is 0 Å². The van der Waals surface area contributed by atoms with E-state index in [-0.39, 0.29) is 17.7 Å². The molecule has 0 fully saturated rings. The molecule has 2 aromatic carbocycles. The number of ether oxygens (including phenoxy) is 2. The van der Waals surface area contributed by atoms with Crippen molar-refractivity contribution in [2.45, 2.75) is 32.7 Å². The standard InChI is InChI=1S/C23H26N2O4/c1-2-25(15-16-7-9-20-21(13-16)29-12-11-28-20)22(26)10-8-18-14-17-5-3-4-6-19(17)24-23(18)27/h3-7,9,13,18H,2,8,10-12,14-15H2,1H3,(H,24,27)/t18-/m1/s1. The number of rotatable bonds is 6. The zero-order valence-electron chi connectivity index (χ0n) is 16.6. The number of nitrogens with zero attached hydrogens (tertiary/aromatic N) is 1. The number of carbonyl (C=O) groups is 2.